The molecule has 3 nitrogen and oxygen atoms in total. The van der Waals surface area contributed by atoms with Crippen LogP contribution in [0.15, 0.2) is 10.6 Å². The molecule has 0 unspecified atom stereocenters. The van der Waals surface area contributed by atoms with Crippen LogP contribution in [0.5, 0.6) is 0 Å². The van der Waals surface area contributed by atoms with Crippen LogP contribution in [0.3, 0.4) is 0 Å². The molecule has 2 rings (SSSR count). The molecule has 0 bridgehead atoms. The van der Waals surface area contributed by atoms with Crippen molar-refractivity contribution < 1.29 is 14.3 Å². The molecule has 0 spiro atoms. The molecule has 0 aromatic carbocycles. The minimum atomic E-state index is -0.635. The largest absolute Gasteiger partial charge is 0.451 e. The zero-order chi connectivity index (χ0) is 14.0. The van der Waals surface area contributed by atoms with Gasteiger partial charge in [-0.25, -0.2) is 4.79 Å². The van der Waals surface area contributed by atoms with Crippen LogP contribution in [-0.4, -0.2) is 17.4 Å². The first kappa shape index (κ1) is 14.8. The van der Waals surface area contributed by atoms with E-state index in [9.17, 15) is 9.59 Å². The van der Waals surface area contributed by atoms with Gasteiger partial charge < -0.3 is 9.53 Å². The van der Waals surface area contributed by atoms with Crippen LogP contribution in [-0.2, 0) is 14.3 Å². The number of cyclic esters (lactones) is 1. The molecule has 0 aromatic rings. The normalized spacial score (nSPS) is 29.8. The van der Waals surface area contributed by atoms with Gasteiger partial charge in [0, 0.05) is 12.3 Å². The Morgan fingerprint density at radius 2 is 2.11 bits per heavy atom. The highest BCUT2D eigenvalue weighted by Crippen LogP contribution is 2.44. The highest BCUT2D eigenvalue weighted by atomic mass is 79.9. The molecule has 2 atom stereocenters. The lowest BCUT2D eigenvalue weighted by molar-refractivity contribution is -0.152. The fraction of sp³-hybridized carbons (Fsp3) is 0.733. The van der Waals surface area contributed by atoms with Crippen molar-refractivity contribution in [3.8, 4) is 0 Å². The number of ketones is 1. The Morgan fingerprint density at radius 1 is 1.47 bits per heavy atom. The summed E-state index contributed by atoms with van der Waals surface area (Å²) in [5.41, 5.74) is -0.635. The van der Waals surface area contributed by atoms with E-state index in [4.69, 9.17) is 4.74 Å². The smallest absolute Gasteiger partial charge is 0.345 e. The third kappa shape index (κ3) is 3.28. The van der Waals surface area contributed by atoms with Crippen molar-refractivity contribution in [1.82, 2.24) is 0 Å². The van der Waals surface area contributed by atoms with Gasteiger partial charge in [-0.15, -0.1) is 0 Å². The third-order valence-electron chi connectivity index (χ3n) is 4.38. The van der Waals surface area contributed by atoms with E-state index in [0.717, 1.165) is 12.8 Å². The standard InChI is InChI=1S/C15H21BrO3/c1-10(17)8-12(11-6-4-3-5-7-11)15(2)9-13(16)14(18)19-15/h9,11-12H,3-8H2,1-2H3/t12-,15+/m0/s1. The molecule has 0 saturated heterocycles. The van der Waals surface area contributed by atoms with Crippen molar-refractivity contribution in [3.63, 3.8) is 0 Å². The van der Waals surface area contributed by atoms with Crippen molar-refractivity contribution in [1.29, 1.82) is 0 Å². The van der Waals surface area contributed by atoms with Gasteiger partial charge >= 0.3 is 5.97 Å². The first-order valence-electron chi connectivity index (χ1n) is 7.03. The quantitative estimate of drug-likeness (QED) is 0.738. The van der Waals surface area contributed by atoms with Gasteiger partial charge in [0.15, 0.2) is 0 Å². The number of carbonyl (C=O) groups excluding carboxylic acids is 2. The van der Waals surface area contributed by atoms with Gasteiger partial charge in [-0.2, -0.15) is 0 Å². The van der Waals surface area contributed by atoms with Crippen molar-refractivity contribution in [2.75, 3.05) is 0 Å². The predicted molar refractivity (Wildman–Crippen MR) is 76.9 cm³/mol. The first-order valence-corrected chi connectivity index (χ1v) is 7.83. The van der Waals surface area contributed by atoms with E-state index >= 15 is 0 Å². The summed E-state index contributed by atoms with van der Waals surface area (Å²) in [6, 6.07) is 0. The van der Waals surface area contributed by atoms with Crippen molar-refractivity contribution in [2.24, 2.45) is 11.8 Å². The number of ether oxygens (including phenoxy) is 1. The zero-order valence-corrected chi connectivity index (χ0v) is 13.2. The molecule has 1 heterocycles. The van der Waals surface area contributed by atoms with Gasteiger partial charge in [-0.3, -0.25) is 0 Å². The van der Waals surface area contributed by atoms with Crippen LogP contribution in [0.25, 0.3) is 0 Å². The molecule has 19 heavy (non-hydrogen) atoms. The fourth-order valence-electron chi connectivity index (χ4n) is 3.45. The van der Waals surface area contributed by atoms with E-state index in [-0.39, 0.29) is 17.7 Å². The fourth-order valence-corrected chi connectivity index (χ4v) is 3.99. The van der Waals surface area contributed by atoms with Crippen LogP contribution in [0.1, 0.15) is 52.4 Å². The number of halogens is 1. The van der Waals surface area contributed by atoms with Gasteiger partial charge in [-0.05, 0) is 41.8 Å². The Bertz CT molecular complexity index is 410. The summed E-state index contributed by atoms with van der Waals surface area (Å²) in [4.78, 5) is 23.2. The monoisotopic (exact) mass is 328 g/mol. The summed E-state index contributed by atoms with van der Waals surface area (Å²) in [6.45, 7) is 3.55. The van der Waals surface area contributed by atoms with Crippen LogP contribution in [0.4, 0.5) is 0 Å². The van der Waals surface area contributed by atoms with Gasteiger partial charge in [-0.1, -0.05) is 32.1 Å². The van der Waals surface area contributed by atoms with Crippen LogP contribution in [0.2, 0.25) is 0 Å². The molecule has 1 aliphatic heterocycles. The van der Waals surface area contributed by atoms with E-state index < -0.39 is 5.60 Å². The maximum atomic E-state index is 11.6. The highest BCUT2D eigenvalue weighted by molar-refractivity contribution is 9.12. The van der Waals surface area contributed by atoms with Crippen molar-refractivity contribution >= 4 is 27.7 Å². The molecular formula is C15H21BrO3. The summed E-state index contributed by atoms with van der Waals surface area (Å²) in [5, 5.41) is 0. The second-order valence-corrected chi connectivity index (χ2v) is 6.83. The van der Waals surface area contributed by atoms with Gasteiger partial charge in [0.1, 0.15) is 15.9 Å². The molecule has 0 aromatic heterocycles. The minimum Gasteiger partial charge on any atom is -0.451 e. The van der Waals surface area contributed by atoms with Crippen molar-refractivity contribution in [2.45, 2.75) is 58.0 Å². The number of hydrogen-bond donors (Lipinski definition) is 0. The Hall–Kier alpha value is -0.640. The topological polar surface area (TPSA) is 43.4 Å². The Morgan fingerprint density at radius 3 is 2.58 bits per heavy atom. The minimum absolute atomic E-state index is 0.101. The lowest BCUT2D eigenvalue weighted by Crippen LogP contribution is -2.40. The number of Topliss-reactive ketones (excluding diaryl/α,β-unsaturated/α-hetero) is 1. The van der Waals surface area contributed by atoms with Crippen LogP contribution < -0.4 is 0 Å². The average Bonchev–Trinajstić information content (AvgIpc) is 2.62. The maximum absolute atomic E-state index is 11.6. The molecule has 1 fully saturated rings. The van der Waals surface area contributed by atoms with Crippen LogP contribution >= 0.6 is 15.9 Å². The lowest BCUT2D eigenvalue weighted by Gasteiger charge is -2.38. The van der Waals surface area contributed by atoms with Gasteiger partial charge in [0.25, 0.3) is 0 Å². The highest BCUT2D eigenvalue weighted by Gasteiger charge is 2.45. The third-order valence-corrected chi connectivity index (χ3v) is 4.94. The van der Waals surface area contributed by atoms with E-state index in [0.29, 0.717) is 16.8 Å². The van der Waals surface area contributed by atoms with E-state index in [1.54, 1.807) is 6.92 Å². The second-order valence-electron chi connectivity index (χ2n) is 5.98. The molecule has 1 saturated carbocycles. The van der Waals surface area contributed by atoms with Gasteiger partial charge in [0.05, 0.1) is 0 Å². The summed E-state index contributed by atoms with van der Waals surface area (Å²) in [7, 11) is 0. The molecule has 0 radical (unpaired) electrons. The Kier molecular flexibility index (Phi) is 4.49. The molecule has 106 valence electrons. The zero-order valence-electron chi connectivity index (χ0n) is 11.6. The summed E-state index contributed by atoms with van der Waals surface area (Å²) >= 11 is 3.24. The SMILES string of the molecule is CC(=O)C[C@@H](C1CCCCC1)[C@@]1(C)C=C(Br)C(=O)O1. The summed E-state index contributed by atoms with van der Waals surface area (Å²) < 4.78 is 6.03. The average molecular weight is 329 g/mol. The van der Waals surface area contributed by atoms with Gasteiger partial charge in [0.2, 0.25) is 0 Å². The summed E-state index contributed by atoms with van der Waals surface area (Å²) in [6.07, 6.45) is 8.32. The maximum Gasteiger partial charge on any atom is 0.345 e. The number of esters is 1. The van der Waals surface area contributed by atoms with E-state index in [1.165, 1.54) is 19.3 Å². The lowest BCUT2D eigenvalue weighted by atomic mass is 9.70. The van der Waals surface area contributed by atoms with Crippen molar-refractivity contribution in [3.05, 3.63) is 10.6 Å². The number of carbonyl (C=O) groups is 2. The molecular weight excluding hydrogens is 308 g/mol. The molecule has 4 heteroatoms. The van der Waals surface area contributed by atoms with E-state index in [2.05, 4.69) is 15.9 Å². The molecule has 2 aliphatic rings. The Balaban J connectivity index is 2.22. The first-order chi connectivity index (χ1) is 8.92. The molecule has 1 aliphatic carbocycles. The predicted octanol–water partition coefficient (Wildman–Crippen LogP) is 3.76. The van der Waals surface area contributed by atoms with Crippen LogP contribution in [0, 0.1) is 11.8 Å². The summed E-state index contributed by atoms with van der Waals surface area (Å²) in [5.74, 6) is 0.436. The molecule has 0 N–H and O–H groups in total. The van der Waals surface area contributed by atoms with E-state index in [1.807, 2.05) is 13.0 Å². The Labute approximate surface area is 122 Å². The second kappa shape index (κ2) is 5.78. The number of hydrogen-bond acceptors (Lipinski definition) is 3. The number of rotatable bonds is 4. The molecule has 0 amide bonds.